The van der Waals surface area contributed by atoms with Crippen molar-refractivity contribution in [3.05, 3.63) is 0 Å². The van der Waals surface area contributed by atoms with Crippen LogP contribution in [0.5, 0.6) is 0 Å². The second-order valence-corrected chi connectivity index (χ2v) is 6.44. The van der Waals surface area contributed by atoms with Gasteiger partial charge in [-0.2, -0.15) is 13.2 Å². The van der Waals surface area contributed by atoms with Crippen LogP contribution >= 0.6 is 0 Å². The Balaban J connectivity index is 2.63. The minimum atomic E-state index is -4.07. The molecule has 3 atom stereocenters. The number of halogens is 3. The first kappa shape index (κ1) is 17.7. The summed E-state index contributed by atoms with van der Waals surface area (Å²) in [6.45, 7) is 8.41. The molecule has 0 bridgehead atoms. The van der Waals surface area contributed by atoms with E-state index in [0.29, 0.717) is 25.0 Å². The summed E-state index contributed by atoms with van der Waals surface area (Å²) in [6, 6.07) is 0.791. The highest BCUT2D eigenvalue weighted by Gasteiger charge is 2.38. The van der Waals surface area contributed by atoms with Gasteiger partial charge in [-0.3, -0.25) is 9.80 Å². The Morgan fingerprint density at radius 3 is 2.00 bits per heavy atom. The molecule has 0 aromatic rings. The topological polar surface area (TPSA) is 32.5 Å². The SMILES string of the molecule is CC1CN(C(C)(CN)CCCC(F)(F)F)CC(C)N1C. The maximum absolute atomic E-state index is 12.3. The van der Waals surface area contributed by atoms with Gasteiger partial charge in [0.05, 0.1) is 0 Å². The third-order valence-corrected chi connectivity index (χ3v) is 4.74. The summed E-state index contributed by atoms with van der Waals surface area (Å²) in [6.07, 6.45) is -4.15. The van der Waals surface area contributed by atoms with E-state index in [1.807, 2.05) is 6.92 Å². The van der Waals surface area contributed by atoms with E-state index in [2.05, 4.69) is 30.7 Å². The molecule has 3 unspecified atom stereocenters. The van der Waals surface area contributed by atoms with Crippen LogP contribution in [0.4, 0.5) is 13.2 Å². The average molecular weight is 295 g/mol. The lowest BCUT2D eigenvalue weighted by atomic mass is 9.90. The Morgan fingerprint density at radius 2 is 1.60 bits per heavy atom. The Morgan fingerprint density at radius 1 is 1.10 bits per heavy atom. The van der Waals surface area contributed by atoms with Crippen LogP contribution in [0, 0.1) is 0 Å². The summed E-state index contributed by atoms with van der Waals surface area (Å²) in [5.74, 6) is 0. The summed E-state index contributed by atoms with van der Waals surface area (Å²) in [4.78, 5) is 4.59. The Kier molecular flexibility index (Phi) is 5.87. The van der Waals surface area contributed by atoms with Crippen molar-refractivity contribution in [1.82, 2.24) is 9.80 Å². The van der Waals surface area contributed by atoms with Gasteiger partial charge in [0, 0.05) is 43.7 Å². The predicted octanol–water partition coefficient (Wildman–Crippen LogP) is 2.46. The minimum Gasteiger partial charge on any atom is -0.329 e. The number of nitrogens with zero attached hydrogens (tertiary/aromatic N) is 2. The lowest BCUT2D eigenvalue weighted by Gasteiger charge is -2.50. The molecule has 0 saturated carbocycles. The molecule has 120 valence electrons. The molecule has 1 fully saturated rings. The van der Waals surface area contributed by atoms with Gasteiger partial charge in [0.2, 0.25) is 0 Å². The number of piperazine rings is 1. The Hall–Kier alpha value is -0.330. The average Bonchev–Trinajstić information content (AvgIpc) is 2.33. The van der Waals surface area contributed by atoms with E-state index >= 15 is 0 Å². The van der Waals surface area contributed by atoms with Crippen molar-refractivity contribution >= 4 is 0 Å². The molecule has 3 nitrogen and oxygen atoms in total. The van der Waals surface area contributed by atoms with Crippen LogP contribution in [-0.2, 0) is 0 Å². The fourth-order valence-corrected chi connectivity index (χ4v) is 2.90. The van der Waals surface area contributed by atoms with Gasteiger partial charge in [-0.15, -0.1) is 0 Å². The highest BCUT2D eigenvalue weighted by atomic mass is 19.4. The van der Waals surface area contributed by atoms with Gasteiger partial charge < -0.3 is 5.73 Å². The first-order chi connectivity index (χ1) is 9.09. The summed E-state index contributed by atoms with van der Waals surface area (Å²) in [7, 11) is 2.09. The van der Waals surface area contributed by atoms with Crippen LogP contribution < -0.4 is 5.73 Å². The van der Waals surface area contributed by atoms with Crippen molar-refractivity contribution in [2.45, 2.75) is 63.8 Å². The van der Waals surface area contributed by atoms with Crippen LogP contribution in [-0.4, -0.2) is 60.3 Å². The molecule has 0 aliphatic carbocycles. The zero-order valence-electron chi connectivity index (χ0n) is 13.0. The standard InChI is InChI=1S/C14H28F3N3/c1-11-8-20(9-12(2)19(11)4)13(3,10-18)6-5-7-14(15,16)17/h11-12H,5-10,18H2,1-4H3. The fourth-order valence-electron chi connectivity index (χ4n) is 2.90. The Labute approximate surface area is 120 Å². The van der Waals surface area contributed by atoms with Gasteiger partial charge in [-0.25, -0.2) is 0 Å². The van der Waals surface area contributed by atoms with Crippen LogP contribution in [0.3, 0.4) is 0 Å². The summed E-state index contributed by atoms with van der Waals surface area (Å²) in [5.41, 5.74) is 5.54. The molecule has 0 aromatic carbocycles. The van der Waals surface area contributed by atoms with Crippen molar-refractivity contribution in [3.63, 3.8) is 0 Å². The number of hydrogen-bond acceptors (Lipinski definition) is 3. The first-order valence-electron chi connectivity index (χ1n) is 7.33. The van der Waals surface area contributed by atoms with Crippen molar-refractivity contribution in [2.75, 3.05) is 26.7 Å². The number of rotatable bonds is 5. The van der Waals surface area contributed by atoms with Gasteiger partial charge in [0.1, 0.15) is 0 Å². The van der Waals surface area contributed by atoms with Crippen molar-refractivity contribution in [2.24, 2.45) is 5.73 Å². The number of hydrogen-bond donors (Lipinski definition) is 1. The van der Waals surface area contributed by atoms with E-state index in [1.54, 1.807) is 0 Å². The van der Waals surface area contributed by atoms with Crippen LogP contribution in [0.2, 0.25) is 0 Å². The van der Waals surface area contributed by atoms with Crippen molar-refractivity contribution in [1.29, 1.82) is 0 Å². The monoisotopic (exact) mass is 295 g/mol. The normalized spacial score (nSPS) is 29.4. The molecule has 1 rings (SSSR count). The maximum atomic E-state index is 12.3. The van der Waals surface area contributed by atoms with E-state index in [4.69, 9.17) is 5.73 Å². The van der Waals surface area contributed by atoms with E-state index in [-0.39, 0.29) is 12.0 Å². The number of nitrogens with two attached hydrogens (primary N) is 1. The molecule has 1 aliphatic rings. The lowest BCUT2D eigenvalue weighted by Crippen LogP contribution is -2.63. The molecule has 1 aliphatic heterocycles. The van der Waals surface area contributed by atoms with Crippen molar-refractivity contribution in [3.8, 4) is 0 Å². The summed E-state index contributed by atoms with van der Waals surface area (Å²) >= 11 is 0. The third-order valence-electron chi connectivity index (χ3n) is 4.74. The molecule has 0 aromatic heterocycles. The van der Waals surface area contributed by atoms with Crippen LogP contribution in [0.15, 0.2) is 0 Å². The maximum Gasteiger partial charge on any atom is 0.389 e. The largest absolute Gasteiger partial charge is 0.389 e. The van der Waals surface area contributed by atoms with Crippen LogP contribution in [0.25, 0.3) is 0 Å². The van der Waals surface area contributed by atoms with Gasteiger partial charge in [0.25, 0.3) is 0 Å². The second kappa shape index (κ2) is 6.62. The molecule has 2 N–H and O–H groups in total. The highest BCUT2D eigenvalue weighted by Crippen LogP contribution is 2.29. The molecule has 20 heavy (non-hydrogen) atoms. The molecular weight excluding hydrogens is 267 g/mol. The summed E-state index contributed by atoms with van der Waals surface area (Å²) < 4.78 is 36.9. The third kappa shape index (κ3) is 4.60. The van der Waals surface area contributed by atoms with E-state index in [0.717, 1.165) is 13.1 Å². The molecule has 6 heteroatoms. The number of alkyl halides is 3. The zero-order chi connectivity index (χ0) is 15.6. The van der Waals surface area contributed by atoms with E-state index < -0.39 is 12.6 Å². The van der Waals surface area contributed by atoms with E-state index in [1.165, 1.54) is 0 Å². The second-order valence-electron chi connectivity index (χ2n) is 6.44. The highest BCUT2D eigenvalue weighted by molar-refractivity contribution is 4.94. The quantitative estimate of drug-likeness (QED) is 0.845. The molecular formula is C14H28F3N3. The predicted molar refractivity (Wildman–Crippen MR) is 75.6 cm³/mol. The van der Waals surface area contributed by atoms with Gasteiger partial charge in [0.15, 0.2) is 0 Å². The molecule has 1 heterocycles. The minimum absolute atomic E-state index is 0.145. The Bertz CT molecular complexity index is 297. The fraction of sp³-hybridized carbons (Fsp3) is 1.00. The first-order valence-corrected chi connectivity index (χ1v) is 7.33. The molecule has 0 amide bonds. The number of likely N-dealkylation sites (N-methyl/N-ethyl adjacent to an activating group) is 1. The molecule has 0 spiro atoms. The smallest absolute Gasteiger partial charge is 0.329 e. The van der Waals surface area contributed by atoms with Gasteiger partial charge in [-0.05, 0) is 40.7 Å². The van der Waals surface area contributed by atoms with Crippen molar-refractivity contribution < 1.29 is 13.2 Å². The van der Waals surface area contributed by atoms with Gasteiger partial charge in [-0.1, -0.05) is 0 Å². The van der Waals surface area contributed by atoms with Gasteiger partial charge >= 0.3 is 6.18 Å². The van der Waals surface area contributed by atoms with E-state index in [9.17, 15) is 13.2 Å². The molecule has 1 saturated heterocycles. The molecule has 0 radical (unpaired) electrons. The zero-order valence-corrected chi connectivity index (χ0v) is 13.0. The summed E-state index contributed by atoms with van der Waals surface area (Å²) in [5, 5.41) is 0. The lowest BCUT2D eigenvalue weighted by molar-refractivity contribution is -0.137. The van der Waals surface area contributed by atoms with Crippen LogP contribution in [0.1, 0.15) is 40.0 Å².